The summed E-state index contributed by atoms with van der Waals surface area (Å²) in [7, 11) is 3.92. The molecule has 1 fully saturated rings. The molecule has 0 bridgehead atoms. The highest BCUT2D eigenvalue weighted by atomic mass is 32.2. The molecule has 2 rings (SSSR count). The molecule has 0 saturated carbocycles. The quantitative estimate of drug-likeness (QED) is 0.561. The van der Waals surface area contributed by atoms with E-state index in [0.717, 1.165) is 23.0 Å². The number of thiocarbonyl (C=S) groups is 1. The molecule has 1 heterocycles. The number of nitrogens with zero attached hydrogens (tertiary/aromatic N) is 2. The van der Waals surface area contributed by atoms with Crippen molar-refractivity contribution < 1.29 is 14.7 Å². The van der Waals surface area contributed by atoms with Gasteiger partial charge in [-0.3, -0.25) is 9.69 Å². The normalized spacial score (nSPS) is 17.2. The van der Waals surface area contributed by atoms with E-state index >= 15 is 0 Å². The van der Waals surface area contributed by atoms with Gasteiger partial charge in [-0.05, 0) is 42.2 Å². The van der Waals surface area contributed by atoms with Gasteiger partial charge in [-0.25, -0.2) is 4.79 Å². The Bertz CT molecular complexity index is 702. The zero-order valence-corrected chi connectivity index (χ0v) is 16.7. The number of carboxylic acids is 1. The maximum absolute atomic E-state index is 12.7. The van der Waals surface area contributed by atoms with Crippen LogP contribution in [0.4, 0.5) is 5.69 Å². The SMILES string of the molecule is CSCC[C@@H](C(=O)O)N1C(=O)/C(=C\c2ccc(N(C)C)cc2)SC1=S. The summed E-state index contributed by atoms with van der Waals surface area (Å²) in [4.78, 5) is 27.9. The van der Waals surface area contributed by atoms with Crippen LogP contribution in [0.15, 0.2) is 29.2 Å². The van der Waals surface area contributed by atoms with Gasteiger partial charge in [-0.1, -0.05) is 36.1 Å². The number of thioether (sulfide) groups is 2. The Morgan fingerprint density at radius 1 is 1.40 bits per heavy atom. The Morgan fingerprint density at radius 2 is 2.04 bits per heavy atom. The van der Waals surface area contributed by atoms with Gasteiger partial charge in [0.1, 0.15) is 10.4 Å². The first-order valence-electron chi connectivity index (χ1n) is 7.61. The number of anilines is 1. The van der Waals surface area contributed by atoms with Crippen molar-refractivity contribution >= 4 is 63.7 Å². The highest BCUT2D eigenvalue weighted by Crippen LogP contribution is 2.35. The maximum Gasteiger partial charge on any atom is 0.326 e. The summed E-state index contributed by atoms with van der Waals surface area (Å²) in [6.07, 6.45) is 4.03. The summed E-state index contributed by atoms with van der Waals surface area (Å²) in [5, 5.41) is 9.46. The average molecular weight is 397 g/mol. The Hall–Kier alpha value is -1.51. The zero-order chi connectivity index (χ0) is 18.6. The molecule has 1 aliphatic rings. The largest absolute Gasteiger partial charge is 0.480 e. The minimum Gasteiger partial charge on any atom is -0.480 e. The molecule has 1 N–H and O–H groups in total. The summed E-state index contributed by atoms with van der Waals surface area (Å²) in [5.41, 5.74) is 1.94. The Labute approximate surface area is 161 Å². The van der Waals surface area contributed by atoms with E-state index in [-0.39, 0.29) is 5.91 Å². The van der Waals surface area contributed by atoms with E-state index in [1.807, 2.05) is 49.5 Å². The van der Waals surface area contributed by atoms with E-state index in [9.17, 15) is 14.7 Å². The molecule has 0 spiro atoms. The minimum absolute atomic E-state index is 0.301. The third-order valence-corrected chi connectivity index (χ3v) is 5.70. The molecule has 0 aromatic heterocycles. The minimum atomic E-state index is -1.03. The molecule has 0 aliphatic carbocycles. The predicted molar refractivity (Wildman–Crippen MR) is 110 cm³/mol. The van der Waals surface area contributed by atoms with Crippen LogP contribution < -0.4 is 4.90 Å². The number of carboxylic acid groups (broad SMARTS) is 1. The number of benzene rings is 1. The van der Waals surface area contributed by atoms with E-state index in [1.165, 1.54) is 4.90 Å². The monoisotopic (exact) mass is 396 g/mol. The molecule has 134 valence electrons. The lowest BCUT2D eigenvalue weighted by atomic mass is 10.1. The molecule has 0 unspecified atom stereocenters. The van der Waals surface area contributed by atoms with Gasteiger partial charge < -0.3 is 10.0 Å². The lowest BCUT2D eigenvalue weighted by molar-refractivity contribution is -0.145. The second-order valence-corrected chi connectivity index (χ2v) is 8.33. The number of aliphatic carboxylic acids is 1. The van der Waals surface area contributed by atoms with Crippen LogP contribution in [-0.4, -0.2) is 58.3 Å². The zero-order valence-electron chi connectivity index (χ0n) is 14.3. The summed E-state index contributed by atoms with van der Waals surface area (Å²) >= 11 is 7.96. The van der Waals surface area contributed by atoms with Crippen molar-refractivity contribution in [1.82, 2.24) is 4.90 Å². The summed E-state index contributed by atoms with van der Waals surface area (Å²) < 4.78 is 0.301. The van der Waals surface area contributed by atoms with Crippen LogP contribution in [0.3, 0.4) is 0 Å². The lowest BCUT2D eigenvalue weighted by Crippen LogP contribution is -2.44. The van der Waals surface area contributed by atoms with Gasteiger partial charge in [0.05, 0.1) is 4.91 Å². The molecular weight excluding hydrogens is 376 g/mol. The van der Waals surface area contributed by atoms with Crippen LogP contribution in [0.5, 0.6) is 0 Å². The van der Waals surface area contributed by atoms with Crippen molar-refractivity contribution in [2.45, 2.75) is 12.5 Å². The number of carbonyl (C=O) groups excluding carboxylic acids is 1. The second kappa shape index (κ2) is 8.73. The summed E-state index contributed by atoms with van der Waals surface area (Å²) in [6.45, 7) is 0. The van der Waals surface area contributed by atoms with Crippen molar-refractivity contribution in [3.63, 3.8) is 0 Å². The van der Waals surface area contributed by atoms with Crippen molar-refractivity contribution in [2.75, 3.05) is 31.0 Å². The van der Waals surface area contributed by atoms with Crippen molar-refractivity contribution in [1.29, 1.82) is 0 Å². The Morgan fingerprint density at radius 3 is 2.56 bits per heavy atom. The molecule has 8 heteroatoms. The Balaban J connectivity index is 2.23. The van der Waals surface area contributed by atoms with Crippen molar-refractivity contribution in [3.05, 3.63) is 34.7 Å². The van der Waals surface area contributed by atoms with Gasteiger partial charge >= 0.3 is 5.97 Å². The predicted octanol–water partition coefficient (Wildman–Crippen LogP) is 3.16. The second-order valence-electron chi connectivity index (χ2n) is 5.67. The van der Waals surface area contributed by atoms with Crippen molar-refractivity contribution in [2.24, 2.45) is 0 Å². The van der Waals surface area contributed by atoms with Crippen LogP contribution in [0.1, 0.15) is 12.0 Å². The first-order valence-corrected chi connectivity index (χ1v) is 10.2. The molecule has 25 heavy (non-hydrogen) atoms. The molecule has 1 amide bonds. The fourth-order valence-corrected chi connectivity index (χ4v) is 4.18. The summed E-state index contributed by atoms with van der Waals surface area (Å²) in [5.74, 6) is -0.707. The number of carbonyl (C=O) groups is 2. The number of amides is 1. The van der Waals surface area contributed by atoms with Crippen LogP contribution in [0.25, 0.3) is 6.08 Å². The van der Waals surface area contributed by atoms with Gasteiger partial charge in [0, 0.05) is 19.8 Å². The molecule has 5 nitrogen and oxygen atoms in total. The van der Waals surface area contributed by atoms with Crippen LogP contribution in [-0.2, 0) is 9.59 Å². The van der Waals surface area contributed by atoms with Gasteiger partial charge in [0.25, 0.3) is 5.91 Å². The van der Waals surface area contributed by atoms with E-state index in [4.69, 9.17) is 12.2 Å². The van der Waals surface area contributed by atoms with E-state index in [1.54, 1.807) is 17.8 Å². The highest BCUT2D eigenvalue weighted by molar-refractivity contribution is 8.26. The lowest BCUT2D eigenvalue weighted by Gasteiger charge is -2.22. The molecule has 0 radical (unpaired) electrons. The standard InChI is InChI=1S/C17H20N2O3S3/c1-18(2)12-6-4-11(5-7-12)10-14-15(20)19(17(23)25-14)13(16(21)22)8-9-24-3/h4-7,10,13H,8-9H2,1-3H3,(H,21,22)/b14-10+/t13-/m0/s1. The number of hydrogen-bond acceptors (Lipinski definition) is 6. The van der Waals surface area contributed by atoms with Crippen LogP contribution in [0, 0.1) is 0 Å². The van der Waals surface area contributed by atoms with Gasteiger partial charge in [-0.15, -0.1) is 0 Å². The smallest absolute Gasteiger partial charge is 0.326 e. The topological polar surface area (TPSA) is 60.9 Å². The first-order chi connectivity index (χ1) is 11.8. The first kappa shape index (κ1) is 19.8. The fourth-order valence-electron chi connectivity index (χ4n) is 2.36. The summed E-state index contributed by atoms with van der Waals surface area (Å²) in [6, 6.07) is 6.85. The van der Waals surface area contributed by atoms with E-state index < -0.39 is 12.0 Å². The number of hydrogen-bond donors (Lipinski definition) is 1. The van der Waals surface area contributed by atoms with Crippen LogP contribution >= 0.6 is 35.7 Å². The van der Waals surface area contributed by atoms with E-state index in [2.05, 4.69) is 0 Å². The third kappa shape index (κ3) is 4.77. The third-order valence-electron chi connectivity index (χ3n) is 3.72. The van der Waals surface area contributed by atoms with Gasteiger partial charge in [-0.2, -0.15) is 11.8 Å². The van der Waals surface area contributed by atoms with E-state index in [0.29, 0.717) is 21.4 Å². The maximum atomic E-state index is 12.7. The van der Waals surface area contributed by atoms with Gasteiger partial charge in [0.15, 0.2) is 0 Å². The van der Waals surface area contributed by atoms with Gasteiger partial charge in [0.2, 0.25) is 0 Å². The highest BCUT2D eigenvalue weighted by Gasteiger charge is 2.40. The fraction of sp³-hybridized carbons (Fsp3) is 0.353. The number of rotatable bonds is 7. The molecular formula is C17H20N2O3S3. The molecule has 1 saturated heterocycles. The molecule has 1 atom stereocenters. The molecule has 1 aromatic rings. The van der Waals surface area contributed by atoms with Crippen molar-refractivity contribution in [3.8, 4) is 0 Å². The Kier molecular flexibility index (Phi) is 6.92. The average Bonchev–Trinajstić information content (AvgIpc) is 2.83. The molecule has 1 aromatic carbocycles. The van der Waals surface area contributed by atoms with Crippen LogP contribution in [0.2, 0.25) is 0 Å². The molecule has 1 aliphatic heterocycles.